The van der Waals surface area contributed by atoms with E-state index >= 15 is 0 Å². The van der Waals surface area contributed by atoms with Gasteiger partial charge in [-0.25, -0.2) is 4.68 Å². The summed E-state index contributed by atoms with van der Waals surface area (Å²) < 4.78 is 4.34. The Bertz CT molecular complexity index is 2700. The van der Waals surface area contributed by atoms with Gasteiger partial charge in [-0.1, -0.05) is 123 Å². The van der Waals surface area contributed by atoms with Crippen molar-refractivity contribution in [3.05, 3.63) is 170 Å². The summed E-state index contributed by atoms with van der Waals surface area (Å²) in [6.45, 7) is 6.08. The van der Waals surface area contributed by atoms with Gasteiger partial charge in [-0.2, -0.15) is 5.10 Å². The van der Waals surface area contributed by atoms with Gasteiger partial charge in [0.25, 0.3) is 0 Å². The number of benzene rings is 7. The minimum absolute atomic E-state index is 0.962. The van der Waals surface area contributed by atoms with Crippen LogP contribution in [0.1, 0.15) is 19.4 Å². The Morgan fingerprint density at radius 1 is 0.469 bits per heavy atom. The molecule has 49 heavy (non-hydrogen) atoms. The summed E-state index contributed by atoms with van der Waals surface area (Å²) in [5, 5.41) is 16.2. The molecule has 0 bridgehead atoms. The molecule has 3 aromatic heterocycles. The summed E-state index contributed by atoms with van der Waals surface area (Å²) in [7, 11) is 0. The van der Waals surface area contributed by atoms with Crippen molar-refractivity contribution in [1.29, 1.82) is 0 Å². The Hall–Kier alpha value is -6.26. The predicted molar refractivity (Wildman–Crippen MR) is 208 cm³/mol. The molecule has 4 heteroatoms. The Balaban J connectivity index is 0.000000344. The molecular formula is C45H36N4. The van der Waals surface area contributed by atoms with Crippen molar-refractivity contribution in [2.45, 2.75) is 20.8 Å². The molecule has 0 N–H and O–H groups in total. The highest BCUT2D eigenvalue weighted by Crippen LogP contribution is 2.38. The number of rotatable bonds is 2. The topological polar surface area (TPSA) is 35.6 Å². The average Bonchev–Trinajstić information content (AvgIpc) is 3.76. The van der Waals surface area contributed by atoms with E-state index in [1.807, 2.05) is 55.2 Å². The second kappa shape index (κ2) is 12.7. The first kappa shape index (κ1) is 30.1. The van der Waals surface area contributed by atoms with Gasteiger partial charge >= 0.3 is 0 Å². The van der Waals surface area contributed by atoms with Crippen LogP contribution in [-0.2, 0) is 0 Å². The minimum atomic E-state index is 0.962. The molecule has 7 aromatic carbocycles. The van der Waals surface area contributed by atoms with Gasteiger partial charge in [0.05, 0.1) is 34.1 Å². The van der Waals surface area contributed by atoms with Gasteiger partial charge in [-0.3, -0.25) is 4.98 Å². The Kier molecular flexibility index (Phi) is 7.83. The first-order chi connectivity index (χ1) is 24.2. The molecule has 0 aliphatic rings. The van der Waals surface area contributed by atoms with E-state index in [0.717, 1.165) is 33.3 Å². The highest BCUT2D eigenvalue weighted by atomic mass is 15.3. The van der Waals surface area contributed by atoms with Crippen molar-refractivity contribution in [2.75, 3.05) is 0 Å². The van der Waals surface area contributed by atoms with E-state index in [9.17, 15) is 0 Å². The van der Waals surface area contributed by atoms with Crippen LogP contribution in [0.5, 0.6) is 0 Å². The monoisotopic (exact) mass is 632 g/mol. The van der Waals surface area contributed by atoms with Crippen LogP contribution in [0.25, 0.3) is 76.4 Å². The van der Waals surface area contributed by atoms with E-state index in [2.05, 4.69) is 144 Å². The number of fused-ring (bicyclic) bond motifs is 11. The lowest BCUT2D eigenvalue weighted by molar-refractivity contribution is 0.898. The highest BCUT2D eigenvalue weighted by Gasteiger charge is 2.17. The second-order valence-electron chi connectivity index (χ2n) is 12.0. The lowest BCUT2D eigenvalue weighted by atomic mass is 9.94. The van der Waals surface area contributed by atoms with Crippen LogP contribution in [0.2, 0.25) is 0 Å². The van der Waals surface area contributed by atoms with E-state index in [4.69, 9.17) is 5.10 Å². The molecule has 0 amide bonds. The molecule has 0 unspecified atom stereocenters. The number of para-hydroxylation sites is 1. The van der Waals surface area contributed by atoms with Gasteiger partial charge in [0.1, 0.15) is 0 Å². The molecule has 3 heterocycles. The molecule has 236 valence electrons. The first-order valence-corrected chi connectivity index (χ1v) is 16.9. The molecular weight excluding hydrogens is 597 g/mol. The molecule has 0 radical (unpaired) electrons. The number of aryl methyl sites for hydroxylation is 1. The molecule has 0 saturated carbocycles. The second-order valence-corrected chi connectivity index (χ2v) is 12.0. The fraction of sp³-hybridized carbons (Fsp3) is 0.0667. The van der Waals surface area contributed by atoms with Gasteiger partial charge in [0.15, 0.2) is 0 Å². The Morgan fingerprint density at radius 3 is 1.69 bits per heavy atom. The number of hydrogen-bond acceptors (Lipinski definition) is 2. The van der Waals surface area contributed by atoms with Crippen LogP contribution in [0.3, 0.4) is 0 Å². The van der Waals surface area contributed by atoms with Gasteiger partial charge in [-0.15, -0.1) is 0 Å². The Labute approximate surface area is 285 Å². The van der Waals surface area contributed by atoms with E-state index < -0.39 is 0 Å². The van der Waals surface area contributed by atoms with Crippen molar-refractivity contribution in [1.82, 2.24) is 19.3 Å². The number of pyridine rings is 1. The summed E-state index contributed by atoms with van der Waals surface area (Å²) in [5.41, 5.74) is 6.68. The fourth-order valence-electron chi connectivity index (χ4n) is 7.01. The normalized spacial score (nSPS) is 11.2. The largest absolute Gasteiger partial charge is 0.307 e. The van der Waals surface area contributed by atoms with E-state index in [-0.39, 0.29) is 0 Å². The van der Waals surface area contributed by atoms with Crippen molar-refractivity contribution in [2.24, 2.45) is 0 Å². The predicted octanol–water partition coefficient (Wildman–Crippen LogP) is 12.0. The van der Waals surface area contributed by atoms with Crippen molar-refractivity contribution >= 4 is 65.0 Å². The summed E-state index contributed by atoms with van der Waals surface area (Å²) in [6, 6.07) is 51.4. The molecule has 0 saturated heterocycles. The van der Waals surface area contributed by atoms with Crippen LogP contribution in [0, 0.1) is 6.92 Å². The zero-order valence-corrected chi connectivity index (χ0v) is 27.9. The average molecular weight is 633 g/mol. The van der Waals surface area contributed by atoms with E-state index in [1.165, 1.54) is 48.7 Å². The summed E-state index contributed by atoms with van der Waals surface area (Å²) in [6.07, 6.45) is 5.92. The smallest absolute Gasteiger partial charge is 0.0949 e. The van der Waals surface area contributed by atoms with Crippen LogP contribution in [-0.4, -0.2) is 19.3 Å². The lowest BCUT2D eigenvalue weighted by Gasteiger charge is -2.11. The highest BCUT2D eigenvalue weighted by molar-refractivity contribution is 6.25. The maximum Gasteiger partial charge on any atom is 0.0949 e. The zero-order chi connectivity index (χ0) is 33.3. The third-order valence-electron chi connectivity index (χ3n) is 9.16. The molecule has 0 atom stereocenters. The quantitative estimate of drug-likeness (QED) is 0.178. The van der Waals surface area contributed by atoms with Crippen LogP contribution < -0.4 is 0 Å². The molecule has 10 rings (SSSR count). The number of aromatic nitrogens is 4. The number of hydrogen-bond donors (Lipinski definition) is 0. The van der Waals surface area contributed by atoms with E-state index in [1.54, 1.807) is 0 Å². The van der Waals surface area contributed by atoms with Gasteiger partial charge in [0, 0.05) is 28.6 Å². The summed E-state index contributed by atoms with van der Waals surface area (Å²) in [4.78, 5) is 4.42. The Morgan fingerprint density at radius 2 is 1.06 bits per heavy atom. The summed E-state index contributed by atoms with van der Waals surface area (Å²) >= 11 is 0. The van der Waals surface area contributed by atoms with Crippen LogP contribution in [0.15, 0.2) is 164 Å². The number of nitrogens with zero attached hydrogens (tertiary/aromatic N) is 4. The molecule has 10 aromatic rings. The first-order valence-electron chi connectivity index (χ1n) is 16.9. The maximum absolute atomic E-state index is 5.07. The zero-order valence-electron chi connectivity index (χ0n) is 27.9. The molecule has 4 nitrogen and oxygen atoms in total. The van der Waals surface area contributed by atoms with Crippen molar-refractivity contribution in [3.63, 3.8) is 0 Å². The third kappa shape index (κ3) is 5.19. The van der Waals surface area contributed by atoms with Crippen molar-refractivity contribution < 1.29 is 0 Å². The van der Waals surface area contributed by atoms with Crippen LogP contribution in [0.4, 0.5) is 0 Å². The lowest BCUT2D eigenvalue weighted by Crippen LogP contribution is -1.95. The molecule has 0 aliphatic heterocycles. The molecule has 0 spiro atoms. The third-order valence-corrected chi connectivity index (χ3v) is 9.16. The fourth-order valence-corrected chi connectivity index (χ4v) is 7.01. The van der Waals surface area contributed by atoms with Crippen LogP contribution >= 0.6 is 0 Å². The SMILES string of the molecule is CC.Cc1ccccc1.c1cncc(-n2c3ccccc3c3ccc4nn(-c5ccc6c7ccccc7c7ccccc7c6c5)cc4c32)c1. The maximum atomic E-state index is 5.07. The molecule has 0 aliphatic carbocycles. The summed E-state index contributed by atoms with van der Waals surface area (Å²) in [5.74, 6) is 0. The van der Waals surface area contributed by atoms with Gasteiger partial charge in [0.2, 0.25) is 0 Å². The van der Waals surface area contributed by atoms with Crippen molar-refractivity contribution in [3.8, 4) is 11.4 Å². The van der Waals surface area contributed by atoms with Gasteiger partial charge in [-0.05, 0) is 81.7 Å². The standard InChI is InChI=1S/C36H22N4.C7H8.C2H6/c1-2-11-27-25(9-1)26-10-3-4-12-28(26)32-20-23(15-16-29(27)32)39-22-33-34(38-39)18-17-31-30-13-5-6-14-35(30)40(36(31)33)24-8-7-19-37-21-24;1-7-5-3-2-4-6-7;1-2/h1-22H;2-6H,1H3;1-2H3. The van der Waals surface area contributed by atoms with E-state index in [0.29, 0.717) is 0 Å². The minimum Gasteiger partial charge on any atom is -0.307 e. The molecule has 0 fully saturated rings. The van der Waals surface area contributed by atoms with Gasteiger partial charge < -0.3 is 4.57 Å².